The molecule has 0 unspecified atom stereocenters. The fraction of sp³-hybridized carbons (Fsp3) is 0.278. The third-order valence-corrected chi connectivity index (χ3v) is 4.20. The summed E-state index contributed by atoms with van der Waals surface area (Å²) < 4.78 is 0. The van der Waals surface area contributed by atoms with E-state index in [1.807, 2.05) is 6.07 Å². The molecule has 0 aliphatic carbocycles. The zero-order chi connectivity index (χ0) is 16.9. The van der Waals surface area contributed by atoms with Crippen molar-refractivity contribution in [3.05, 3.63) is 69.8 Å². The molecule has 1 aliphatic rings. The molecule has 0 saturated carbocycles. The zero-order valence-electron chi connectivity index (χ0n) is 14.0. The Labute approximate surface area is 164 Å². The number of aliphatic imine (C=N–C) groups is 1. The average Bonchev–Trinajstić information content (AvgIpc) is 3.03. The van der Waals surface area contributed by atoms with Gasteiger partial charge in [0.25, 0.3) is 5.69 Å². The van der Waals surface area contributed by atoms with Gasteiger partial charge in [-0.25, -0.2) is 0 Å². The molecule has 0 spiro atoms. The van der Waals surface area contributed by atoms with Crippen molar-refractivity contribution >= 4 is 41.3 Å². The lowest BCUT2D eigenvalue weighted by atomic mass is 10.1. The molecule has 7 heteroatoms. The smallest absolute Gasteiger partial charge is 0.269 e. The zero-order valence-corrected chi connectivity index (χ0v) is 16.3. The van der Waals surface area contributed by atoms with E-state index in [2.05, 4.69) is 33.4 Å². The SMILES string of the molecule is CN=C(NCCc1ccc([N+](=O)[O-])cc1)N1CCc2ccccc21.I. The van der Waals surface area contributed by atoms with Crippen LogP contribution in [-0.4, -0.2) is 31.0 Å². The summed E-state index contributed by atoms with van der Waals surface area (Å²) >= 11 is 0. The van der Waals surface area contributed by atoms with Crippen LogP contribution in [0.1, 0.15) is 11.1 Å². The third-order valence-electron chi connectivity index (χ3n) is 4.20. The molecule has 132 valence electrons. The van der Waals surface area contributed by atoms with Gasteiger partial charge >= 0.3 is 0 Å². The second-order valence-corrected chi connectivity index (χ2v) is 5.68. The minimum atomic E-state index is -0.380. The van der Waals surface area contributed by atoms with Crippen molar-refractivity contribution in [3.8, 4) is 0 Å². The lowest BCUT2D eigenvalue weighted by molar-refractivity contribution is -0.384. The molecular weight excluding hydrogens is 431 g/mol. The number of non-ortho nitro benzene ring substituents is 1. The van der Waals surface area contributed by atoms with Gasteiger partial charge in [-0.3, -0.25) is 15.1 Å². The number of hydrogen-bond donors (Lipinski definition) is 1. The van der Waals surface area contributed by atoms with Gasteiger partial charge in [0.2, 0.25) is 0 Å². The number of guanidine groups is 1. The topological polar surface area (TPSA) is 70.8 Å². The van der Waals surface area contributed by atoms with Crippen LogP contribution < -0.4 is 10.2 Å². The van der Waals surface area contributed by atoms with E-state index in [0.717, 1.165) is 37.5 Å². The second-order valence-electron chi connectivity index (χ2n) is 5.68. The van der Waals surface area contributed by atoms with E-state index < -0.39 is 0 Å². The summed E-state index contributed by atoms with van der Waals surface area (Å²) in [5.41, 5.74) is 3.73. The highest BCUT2D eigenvalue weighted by Crippen LogP contribution is 2.27. The molecule has 3 rings (SSSR count). The number of benzene rings is 2. The molecule has 2 aromatic rings. The van der Waals surface area contributed by atoms with Gasteiger partial charge in [-0.1, -0.05) is 30.3 Å². The van der Waals surface area contributed by atoms with Crippen molar-refractivity contribution in [3.63, 3.8) is 0 Å². The monoisotopic (exact) mass is 452 g/mol. The molecule has 0 saturated heterocycles. The first-order valence-electron chi connectivity index (χ1n) is 7.98. The Bertz CT molecular complexity index is 762. The molecule has 0 bridgehead atoms. The molecule has 1 heterocycles. The molecule has 0 fully saturated rings. The Morgan fingerprint density at radius 1 is 1.24 bits per heavy atom. The fourth-order valence-electron chi connectivity index (χ4n) is 2.96. The maximum absolute atomic E-state index is 10.7. The summed E-state index contributed by atoms with van der Waals surface area (Å²) in [4.78, 5) is 16.9. The molecule has 0 radical (unpaired) electrons. The van der Waals surface area contributed by atoms with E-state index >= 15 is 0 Å². The van der Waals surface area contributed by atoms with Crippen LogP contribution >= 0.6 is 24.0 Å². The van der Waals surface area contributed by atoms with E-state index in [-0.39, 0.29) is 34.6 Å². The number of nitro groups is 1. The Hall–Kier alpha value is -2.16. The predicted octanol–water partition coefficient (Wildman–Crippen LogP) is 3.39. The second kappa shape index (κ2) is 8.80. The molecule has 6 nitrogen and oxygen atoms in total. The summed E-state index contributed by atoms with van der Waals surface area (Å²) in [6.45, 7) is 1.65. The van der Waals surface area contributed by atoms with Gasteiger partial charge in [0, 0.05) is 38.0 Å². The van der Waals surface area contributed by atoms with Gasteiger partial charge in [0.15, 0.2) is 5.96 Å². The summed E-state index contributed by atoms with van der Waals surface area (Å²) in [6, 6.07) is 15.1. The number of halogens is 1. The van der Waals surface area contributed by atoms with E-state index in [9.17, 15) is 10.1 Å². The number of nitrogens with zero attached hydrogens (tertiary/aromatic N) is 3. The minimum Gasteiger partial charge on any atom is -0.356 e. The van der Waals surface area contributed by atoms with Gasteiger partial charge in [0.1, 0.15) is 0 Å². The van der Waals surface area contributed by atoms with Crippen molar-refractivity contribution in [2.75, 3.05) is 25.0 Å². The molecule has 1 aliphatic heterocycles. The van der Waals surface area contributed by atoms with Gasteiger partial charge in [-0.2, -0.15) is 0 Å². The number of nitrogens with one attached hydrogen (secondary N) is 1. The standard InChI is InChI=1S/C18H20N4O2.HI/c1-19-18(21-13-11-15-4-2-3-5-17(15)21)20-12-10-14-6-8-16(9-7-14)22(23)24;/h2-9H,10-13H2,1H3,(H,19,20);1H. The summed E-state index contributed by atoms with van der Waals surface area (Å²) in [5, 5.41) is 14.1. The quantitative estimate of drug-likeness (QED) is 0.254. The first-order valence-corrected chi connectivity index (χ1v) is 7.98. The summed E-state index contributed by atoms with van der Waals surface area (Å²) in [5.74, 6) is 0.863. The number of rotatable bonds is 4. The van der Waals surface area contributed by atoms with Gasteiger partial charge in [-0.15, -0.1) is 24.0 Å². The van der Waals surface area contributed by atoms with Crippen LogP contribution in [0.15, 0.2) is 53.5 Å². The van der Waals surface area contributed by atoms with Crippen LogP contribution in [0.2, 0.25) is 0 Å². The molecule has 0 aromatic heterocycles. The highest BCUT2D eigenvalue weighted by molar-refractivity contribution is 14.0. The number of nitro benzene ring substituents is 1. The number of hydrogen-bond acceptors (Lipinski definition) is 3. The summed E-state index contributed by atoms with van der Waals surface area (Å²) in [6.07, 6.45) is 1.81. The Morgan fingerprint density at radius 3 is 2.64 bits per heavy atom. The molecule has 0 atom stereocenters. The highest BCUT2D eigenvalue weighted by atomic mass is 127. The van der Waals surface area contributed by atoms with E-state index in [1.54, 1.807) is 31.3 Å². The Balaban J connectivity index is 0.00000225. The normalized spacial score (nSPS) is 13.2. The van der Waals surface area contributed by atoms with E-state index in [0.29, 0.717) is 0 Å². The van der Waals surface area contributed by atoms with E-state index in [1.165, 1.54) is 11.3 Å². The number of fused-ring (bicyclic) bond motifs is 1. The van der Waals surface area contributed by atoms with Crippen molar-refractivity contribution in [2.24, 2.45) is 4.99 Å². The third kappa shape index (κ3) is 4.47. The van der Waals surface area contributed by atoms with Crippen LogP contribution in [0.25, 0.3) is 0 Å². The van der Waals surface area contributed by atoms with Crippen molar-refractivity contribution in [2.45, 2.75) is 12.8 Å². The molecule has 1 N–H and O–H groups in total. The Kier molecular flexibility index (Phi) is 6.74. The molecule has 2 aromatic carbocycles. The minimum absolute atomic E-state index is 0. The van der Waals surface area contributed by atoms with Gasteiger partial charge in [-0.05, 0) is 30.0 Å². The average molecular weight is 452 g/mol. The van der Waals surface area contributed by atoms with Gasteiger partial charge in [0.05, 0.1) is 4.92 Å². The highest BCUT2D eigenvalue weighted by Gasteiger charge is 2.22. The maximum atomic E-state index is 10.7. The van der Waals surface area contributed by atoms with Gasteiger partial charge < -0.3 is 10.2 Å². The first-order chi connectivity index (χ1) is 11.7. The fourth-order valence-corrected chi connectivity index (χ4v) is 2.96. The molecular formula is C18H21IN4O2. The van der Waals surface area contributed by atoms with Crippen LogP contribution in [0, 0.1) is 10.1 Å². The van der Waals surface area contributed by atoms with Crippen LogP contribution in [0.3, 0.4) is 0 Å². The summed E-state index contributed by atoms with van der Waals surface area (Å²) in [7, 11) is 1.79. The molecule has 0 amide bonds. The maximum Gasteiger partial charge on any atom is 0.269 e. The largest absolute Gasteiger partial charge is 0.356 e. The lowest BCUT2D eigenvalue weighted by Gasteiger charge is -2.22. The number of para-hydroxylation sites is 1. The lowest BCUT2D eigenvalue weighted by Crippen LogP contribution is -2.41. The number of anilines is 1. The van der Waals surface area contributed by atoms with Crippen molar-refractivity contribution in [1.82, 2.24) is 5.32 Å². The van der Waals surface area contributed by atoms with Crippen LogP contribution in [0.4, 0.5) is 11.4 Å². The van der Waals surface area contributed by atoms with Crippen LogP contribution in [0.5, 0.6) is 0 Å². The Morgan fingerprint density at radius 2 is 1.96 bits per heavy atom. The molecule has 25 heavy (non-hydrogen) atoms. The van der Waals surface area contributed by atoms with Crippen LogP contribution in [-0.2, 0) is 12.8 Å². The van der Waals surface area contributed by atoms with Crippen molar-refractivity contribution in [1.29, 1.82) is 0 Å². The van der Waals surface area contributed by atoms with E-state index in [4.69, 9.17) is 0 Å². The first kappa shape index (κ1) is 19.2. The predicted molar refractivity (Wildman–Crippen MR) is 111 cm³/mol. The van der Waals surface area contributed by atoms with Crippen molar-refractivity contribution < 1.29 is 4.92 Å².